The van der Waals surface area contributed by atoms with E-state index in [-0.39, 0.29) is 18.4 Å². The molecule has 2 N–H and O–H groups in total. The molecule has 3 aromatic rings. The van der Waals surface area contributed by atoms with Gasteiger partial charge in [-0.25, -0.2) is 0 Å². The molecule has 3 rings (SSSR count). The third kappa shape index (κ3) is 2.34. The second-order valence-electron chi connectivity index (χ2n) is 4.70. The van der Waals surface area contributed by atoms with Crippen LogP contribution in [-0.4, -0.2) is 0 Å². The first-order chi connectivity index (χ1) is 9.31. The molecule has 0 aliphatic heterocycles. The van der Waals surface area contributed by atoms with Gasteiger partial charge in [-0.3, -0.25) is 0 Å². The van der Waals surface area contributed by atoms with Gasteiger partial charge in [-0.2, -0.15) is 5.26 Å². The van der Waals surface area contributed by atoms with Crippen LogP contribution in [-0.2, 0) is 0 Å². The molecule has 20 heavy (non-hydrogen) atoms. The minimum Gasteiger partial charge on any atom is -0.323 e. The lowest BCUT2D eigenvalue weighted by Crippen LogP contribution is -2.09. The summed E-state index contributed by atoms with van der Waals surface area (Å²) in [5.41, 5.74) is 7.19. The van der Waals surface area contributed by atoms with E-state index in [9.17, 15) is 0 Å². The molecular formula is C17H15ClN2. The Morgan fingerprint density at radius 2 is 1.55 bits per heavy atom. The Hall–Kier alpha value is -2.08. The van der Waals surface area contributed by atoms with Crippen LogP contribution in [0.3, 0.4) is 0 Å². The molecule has 1 atom stereocenters. The maximum absolute atomic E-state index is 8.85. The van der Waals surface area contributed by atoms with Gasteiger partial charge in [-0.1, -0.05) is 48.5 Å². The van der Waals surface area contributed by atoms with Gasteiger partial charge in [0, 0.05) is 6.04 Å². The summed E-state index contributed by atoms with van der Waals surface area (Å²) in [7, 11) is 0. The minimum absolute atomic E-state index is 0. The summed E-state index contributed by atoms with van der Waals surface area (Å²) >= 11 is 0. The maximum Gasteiger partial charge on any atom is 0.0641 e. The van der Waals surface area contributed by atoms with Crippen molar-refractivity contribution in [3.63, 3.8) is 0 Å². The van der Waals surface area contributed by atoms with E-state index >= 15 is 0 Å². The van der Waals surface area contributed by atoms with Gasteiger partial charge in [0.2, 0.25) is 0 Å². The number of hydrogen-bond donors (Lipinski definition) is 1. The summed E-state index contributed by atoms with van der Waals surface area (Å²) in [5, 5.41) is 13.6. The minimum atomic E-state index is -0.237. The van der Waals surface area contributed by atoms with Crippen LogP contribution in [0.1, 0.15) is 18.0 Å². The van der Waals surface area contributed by atoms with E-state index in [0.717, 1.165) is 10.9 Å². The number of hydrogen-bond acceptors (Lipinski definition) is 2. The van der Waals surface area contributed by atoms with Crippen molar-refractivity contribution in [3.8, 4) is 6.07 Å². The van der Waals surface area contributed by atoms with Gasteiger partial charge in [-0.05, 0) is 33.2 Å². The Labute approximate surface area is 124 Å². The first-order valence-electron chi connectivity index (χ1n) is 6.34. The Balaban J connectivity index is 0.00000147. The van der Waals surface area contributed by atoms with Crippen LogP contribution >= 0.6 is 12.4 Å². The van der Waals surface area contributed by atoms with Gasteiger partial charge in [0.1, 0.15) is 0 Å². The number of nitrogens with zero attached hydrogens (tertiary/aromatic N) is 1. The van der Waals surface area contributed by atoms with Gasteiger partial charge in [0.05, 0.1) is 12.5 Å². The topological polar surface area (TPSA) is 49.8 Å². The Morgan fingerprint density at radius 3 is 2.25 bits per heavy atom. The first-order valence-corrected chi connectivity index (χ1v) is 6.34. The summed E-state index contributed by atoms with van der Waals surface area (Å²) < 4.78 is 0. The van der Waals surface area contributed by atoms with E-state index in [2.05, 4.69) is 36.4 Å². The third-order valence-corrected chi connectivity index (χ3v) is 3.51. The van der Waals surface area contributed by atoms with E-state index in [1.807, 2.05) is 24.3 Å². The second-order valence-corrected chi connectivity index (χ2v) is 4.70. The van der Waals surface area contributed by atoms with Gasteiger partial charge in [-0.15, -0.1) is 12.4 Å². The predicted molar refractivity (Wildman–Crippen MR) is 85.9 cm³/mol. The van der Waals surface area contributed by atoms with Crippen molar-refractivity contribution in [1.29, 1.82) is 5.26 Å². The molecule has 3 aromatic carbocycles. The zero-order valence-electron chi connectivity index (χ0n) is 10.9. The molecule has 0 fully saturated rings. The lowest BCUT2D eigenvalue weighted by atomic mass is 9.93. The number of nitriles is 1. The molecule has 0 bridgehead atoms. The summed E-state index contributed by atoms with van der Waals surface area (Å²) in [6.07, 6.45) is 0.336. The van der Waals surface area contributed by atoms with Gasteiger partial charge >= 0.3 is 0 Å². The molecule has 0 unspecified atom stereocenters. The van der Waals surface area contributed by atoms with Crippen LogP contribution in [0.2, 0.25) is 0 Å². The highest BCUT2D eigenvalue weighted by Gasteiger charge is 2.11. The van der Waals surface area contributed by atoms with Gasteiger partial charge in [0.15, 0.2) is 0 Å². The lowest BCUT2D eigenvalue weighted by Gasteiger charge is -2.14. The van der Waals surface area contributed by atoms with Crippen LogP contribution in [0.15, 0.2) is 54.6 Å². The van der Waals surface area contributed by atoms with E-state index in [1.54, 1.807) is 0 Å². The van der Waals surface area contributed by atoms with Crippen LogP contribution in [0.25, 0.3) is 21.5 Å². The molecule has 0 radical (unpaired) electrons. The number of fused-ring (bicyclic) bond motifs is 3. The van der Waals surface area contributed by atoms with Gasteiger partial charge < -0.3 is 5.73 Å². The summed E-state index contributed by atoms with van der Waals surface area (Å²) in [6.45, 7) is 0. The summed E-state index contributed by atoms with van der Waals surface area (Å²) in [5.74, 6) is 0. The second kappa shape index (κ2) is 5.92. The van der Waals surface area contributed by atoms with E-state index in [0.29, 0.717) is 6.42 Å². The fourth-order valence-electron chi connectivity index (χ4n) is 2.60. The molecule has 0 aliphatic carbocycles. The average molecular weight is 283 g/mol. The molecule has 0 heterocycles. The molecule has 2 nitrogen and oxygen atoms in total. The van der Waals surface area contributed by atoms with Crippen molar-refractivity contribution in [2.75, 3.05) is 0 Å². The lowest BCUT2D eigenvalue weighted by molar-refractivity contribution is 0.756. The fraction of sp³-hybridized carbons (Fsp3) is 0.118. The standard InChI is InChI=1S/C17H14N2.ClH/c18-10-9-17(19)16-11-12-5-1-2-6-13(12)14-7-3-4-8-15(14)16;/h1-8,11,17H,9,19H2;1H/t17-;/m1./s1. The normalized spacial score (nSPS) is 11.8. The van der Waals surface area contributed by atoms with Crippen LogP contribution in [0.4, 0.5) is 0 Å². The van der Waals surface area contributed by atoms with Crippen LogP contribution in [0.5, 0.6) is 0 Å². The number of halogens is 1. The molecule has 0 aromatic heterocycles. The third-order valence-electron chi connectivity index (χ3n) is 3.51. The quantitative estimate of drug-likeness (QED) is 0.711. The Kier molecular flexibility index (Phi) is 4.24. The van der Waals surface area contributed by atoms with Crippen LogP contribution < -0.4 is 5.73 Å². The van der Waals surface area contributed by atoms with E-state index in [4.69, 9.17) is 11.0 Å². The molecule has 100 valence electrons. The molecule has 0 saturated heterocycles. The fourth-order valence-corrected chi connectivity index (χ4v) is 2.60. The SMILES string of the molecule is Cl.N#CC[C@@H](N)c1cc2ccccc2c2ccccc12. The smallest absolute Gasteiger partial charge is 0.0641 e. The zero-order chi connectivity index (χ0) is 13.2. The predicted octanol–water partition coefficient (Wildman–Crippen LogP) is 4.33. The number of benzene rings is 3. The summed E-state index contributed by atoms with van der Waals surface area (Å²) in [6, 6.07) is 20.5. The molecule has 0 amide bonds. The highest BCUT2D eigenvalue weighted by molar-refractivity contribution is 6.09. The molecule has 0 saturated carbocycles. The molecule has 0 aliphatic rings. The highest BCUT2D eigenvalue weighted by Crippen LogP contribution is 2.31. The van der Waals surface area contributed by atoms with Crippen molar-refractivity contribution in [3.05, 3.63) is 60.2 Å². The largest absolute Gasteiger partial charge is 0.323 e. The monoisotopic (exact) mass is 282 g/mol. The molecular weight excluding hydrogens is 268 g/mol. The Morgan fingerprint density at radius 1 is 0.950 bits per heavy atom. The van der Waals surface area contributed by atoms with Crippen molar-refractivity contribution in [2.45, 2.75) is 12.5 Å². The van der Waals surface area contributed by atoms with Crippen molar-refractivity contribution in [2.24, 2.45) is 5.73 Å². The maximum atomic E-state index is 8.85. The van der Waals surface area contributed by atoms with E-state index in [1.165, 1.54) is 16.2 Å². The first kappa shape index (κ1) is 14.3. The number of nitrogens with two attached hydrogens (primary N) is 1. The molecule has 0 spiro atoms. The van der Waals surface area contributed by atoms with Gasteiger partial charge in [0.25, 0.3) is 0 Å². The number of rotatable bonds is 2. The molecule has 3 heteroatoms. The van der Waals surface area contributed by atoms with Crippen molar-refractivity contribution in [1.82, 2.24) is 0 Å². The highest BCUT2D eigenvalue weighted by atomic mass is 35.5. The average Bonchev–Trinajstić information content (AvgIpc) is 2.46. The Bertz CT molecular complexity index is 790. The van der Waals surface area contributed by atoms with Crippen molar-refractivity contribution < 1.29 is 0 Å². The summed E-state index contributed by atoms with van der Waals surface area (Å²) in [4.78, 5) is 0. The van der Waals surface area contributed by atoms with Crippen LogP contribution in [0, 0.1) is 11.3 Å². The van der Waals surface area contributed by atoms with Crippen molar-refractivity contribution >= 4 is 34.0 Å². The van der Waals surface area contributed by atoms with E-state index < -0.39 is 0 Å². The zero-order valence-corrected chi connectivity index (χ0v) is 11.7.